The average molecular weight is 295 g/mol. The van der Waals surface area contributed by atoms with E-state index in [0.29, 0.717) is 6.42 Å². The lowest BCUT2D eigenvalue weighted by Gasteiger charge is -2.09. The zero-order chi connectivity index (χ0) is 15.4. The molecule has 0 saturated carbocycles. The zero-order valence-electron chi connectivity index (χ0n) is 12.5. The summed E-state index contributed by atoms with van der Waals surface area (Å²) < 4.78 is 10.7. The molecule has 2 aromatic heterocycles. The second-order valence-electron chi connectivity index (χ2n) is 4.87. The van der Waals surface area contributed by atoms with Gasteiger partial charge < -0.3 is 9.47 Å². The Morgan fingerprint density at radius 2 is 1.82 bits per heavy atom. The molecule has 0 unspecified atom stereocenters. The largest absolute Gasteiger partial charge is 0.497 e. The number of nitrogens with one attached hydrogen (secondary N) is 1. The molecule has 0 aliphatic carbocycles. The molecular formula is C17H17N3O2. The maximum atomic E-state index is 5.41. The second kappa shape index (κ2) is 6.30. The number of pyridine rings is 1. The Kier molecular flexibility index (Phi) is 4.05. The predicted molar refractivity (Wildman–Crippen MR) is 84.2 cm³/mol. The second-order valence-corrected chi connectivity index (χ2v) is 4.87. The van der Waals surface area contributed by atoms with Crippen molar-refractivity contribution >= 4 is 0 Å². The van der Waals surface area contributed by atoms with E-state index >= 15 is 0 Å². The lowest BCUT2D eigenvalue weighted by atomic mass is 10.1. The van der Waals surface area contributed by atoms with E-state index < -0.39 is 0 Å². The number of ether oxygens (including phenoxy) is 2. The highest BCUT2D eigenvalue weighted by atomic mass is 16.5. The smallest absolute Gasteiger partial charge is 0.122 e. The van der Waals surface area contributed by atoms with Crippen molar-refractivity contribution in [3.8, 4) is 22.8 Å². The van der Waals surface area contributed by atoms with Crippen LogP contribution in [0.5, 0.6) is 11.5 Å². The monoisotopic (exact) mass is 295 g/mol. The fourth-order valence-electron chi connectivity index (χ4n) is 2.35. The normalized spacial score (nSPS) is 10.5. The maximum Gasteiger partial charge on any atom is 0.122 e. The van der Waals surface area contributed by atoms with Crippen LogP contribution in [0.25, 0.3) is 11.3 Å². The summed E-state index contributed by atoms with van der Waals surface area (Å²) in [5, 5.41) is 7.43. The molecule has 22 heavy (non-hydrogen) atoms. The first kappa shape index (κ1) is 14.1. The fourth-order valence-corrected chi connectivity index (χ4v) is 2.35. The Morgan fingerprint density at radius 1 is 1.00 bits per heavy atom. The van der Waals surface area contributed by atoms with Gasteiger partial charge in [0.05, 0.1) is 19.9 Å². The Labute approximate surface area is 128 Å². The average Bonchev–Trinajstić information content (AvgIpc) is 3.04. The van der Waals surface area contributed by atoms with Gasteiger partial charge in [-0.3, -0.25) is 10.1 Å². The molecule has 5 heteroatoms. The number of nitrogens with zero attached hydrogens (tertiary/aromatic N) is 2. The number of hydrogen-bond acceptors (Lipinski definition) is 4. The van der Waals surface area contributed by atoms with Crippen LogP contribution in [0.1, 0.15) is 11.3 Å². The number of aromatic amines is 1. The van der Waals surface area contributed by atoms with Gasteiger partial charge in [0.2, 0.25) is 0 Å². The van der Waals surface area contributed by atoms with Crippen molar-refractivity contribution in [3.63, 3.8) is 0 Å². The molecule has 3 rings (SSSR count). The van der Waals surface area contributed by atoms with Gasteiger partial charge in [0.25, 0.3) is 0 Å². The zero-order valence-corrected chi connectivity index (χ0v) is 12.5. The van der Waals surface area contributed by atoms with Crippen molar-refractivity contribution < 1.29 is 9.47 Å². The van der Waals surface area contributed by atoms with Gasteiger partial charge in [-0.1, -0.05) is 0 Å². The number of aromatic nitrogens is 3. The van der Waals surface area contributed by atoms with Crippen LogP contribution in [0.2, 0.25) is 0 Å². The van der Waals surface area contributed by atoms with Crippen LogP contribution < -0.4 is 9.47 Å². The molecule has 0 fully saturated rings. The topological polar surface area (TPSA) is 60.0 Å². The van der Waals surface area contributed by atoms with Gasteiger partial charge in [-0.2, -0.15) is 5.10 Å². The fraction of sp³-hybridized carbons (Fsp3) is 0.176. The van der Waals surface area contributed by atoms with Gasteiger partial charge in [0.1, 0.15) is 11.5 Å². The summed E-state index contributed by atoms with van der Waals surface area (Å²) in [6.07, 6.45) is 4.21. The standard InChI is InChI=1S/C17H17N3O2/c1-21-15-3-4-17(22-2)13(10-15)9-14-11-16(20-19-14)12-5-7-18-8-6-12/h3-8,10-11H,9H2,1-2H3,(H,19,20). The van der Waals surface area contributed by atoms with Crippen LogP contribution in [0.4, 0.5) is 0 Å². The van der Waals surface area contributed by atoms with E-state index in [4.69, 9.17) is 9.47 Å². The summed E-state index contributed by atoms with van der Waals surface area (Å²) in [6, 6.07) is 11.7. The van der Waals surface area contributed by atoms with Gasteiger partial charge in [-0.05, 0) is 36.4 Å². The first-order valence-corrected chi connectivity index (χ1v) is 6.95. The number of hydrogen-bond donors (Lipinski definition) is 1. The van der Waals surface area contributed by atoms with Gasteiger partial charge >= 0.3 is 0 Å². The molecule has 2 heterocycles. The number of rotatable bonds is 5. The summed E-state index contributed by atoms with van der Waals surface area (Å²) in [7, 11) is 3.32. The van der Waals surface area contributed by atoms with E-state index in [-0.39, 0.29) is 0 Å². The predicted octanol–water partition coefficient (Wildman–Crippen LogP) is 3.08. The summed E-state index contributed by atoms with van der Waals surface area (Å²) in [5.41, 5.74) is 4.00. The van der Waals surface area contributed by atoms with Crippen molar-refractivity contribution in [2.75, 3.05) is 14.2 Å². The summed E-state index contributed by atoms with van der Waals surface area (Å²) in [4.78, 5) is 4.02. The van der Waals surface area contributed by atoms with Crippen molar-refractivity contribution in [1.29, 1.82) is 0 Å². The van der Waals surface area contributed by atoms with E-state index in [1.165, 1.54) is 0 Å². The van der Waals surface area contributed by atoms with E-state index in [1.54, 1.807) is 26.6 Å². The molecule has 0 bridgehead atoms. The quantitative estimate of drug-likeness (QED) is 0.786. The minimum Gasteiger partial charge on any atom is -0.497 e. The Morgan fingerprint density at radius 3 is 2.55 bits per heavy atom. The molecule has 112 valence electrons. The van der Waals surface area contributed by atoms with E-state index in [9.17, 15) is 0 Å². The van der Waals surface area contributed by atoms with E-state index in [0.717, 1.165) is 34.0 Å². The highest BCUT2D eigenvalue weighted by Crippen LogP contribution is 2.27. The molecular weight excluding hydrogens is 278 g/mol. The van der Waals surface area contributed by atoms with Gasteiger partial charge in [0.15, 0.2) is 0 Å². The molecule has 0 radical (unpaired) electrons. The molecule has 1 aromatic carbocycles. The molecule has 0 aliphatic heterocycles. The van der Waals surface area contributed by atoms with E-state index in [2.05, 4.69) is 15.2 Å². The van der Waals surface area contributed by atoms with Crippen LogP contribution in [0, 0.1) is 0 Å². The van der Waals surface area contributed by atoms with Crippen molar-refractivity contribution in [3.05, 3.63) is 60.0 Å². The summed E-state index contributed by atoms with van der Waals surface area (Å²) >= 11 is 0. The molecule has 0 spiro atoms. The molecule has 0 aliphatic rings. The molecule has 0 amide bonds. The summed E-state index contributed by atoms with van der Waals surface area (Å²) in [6.45, 7) is 0. The van der Waals surface area contributed by atoms with E-state index in [1.807, 2.05) is 36.4 Å². The minimum atomic E-state index is 0.693. The van der Waals surface area contributed by atoms with Crippen LogP contribution in [0.15, 0.2) is 48.8 Å². The Hall–Kier alpha value is -2.82. The van der Waals surface area contributed by atoms with Crippen molar-refractivity contribution in [1.82, 2.24) is 15.2 Å². The lowest BCUT2D eigenvalue weighted by Crippen LogP contribution is -1.95. The first-order valence-electron chi connectivity index (χ1n) is 6.95. The highest BCUT2D eigenvalue weighted by molar-refractivity contribution is 5.58. The molecule has 0 atom stereocenters. The van der Waals surface area contributed by atoms with Crippen LogP contribution >= 0.6 is 0 Å². The maximum absolute atomic E-state index is 5.41. The van der Waals surface area contributed by atoms with Gasteiger partial charge in [0, 0.05) is 35.6 Å². The van der Waals surface area contributed by atoms with Crippen LogP contribution in [-0.4, -0.2) is 29.4 Å². The third-order valence-corrected chi connectivity index (χ3v) is 3.48. The SMILES string of the molecule is COc1ccc(OC)c(Cc2cc(-c3ccncc3)n[nH]2)c1. The van der Waals surface area contributed by atoms with Crippen LogP contribution in [-0.2, 0) is 6.42 Å². The Bertz CT molecular complexity index is 754. The molecule has 5 nitrogen and oxygen atoms in total. The molecule has 1 N–H and O–H groups in total. The first-order chi connectivity index (χ1) is 10.8. The molecule has 0 saturated heterocycles. The number of H-pyrrole nitrogens is 1. The third-order valence-electron chi connectivity index (χ3n) is 3.48. The van der Waals surface area contributed by atoms with Crippen molar-refractivity contribution in [2.45, 2.75) is 6.42 Å². The number of methoxy groups -OCH3 is 2. The van der Waals surface area contributed by atoms with Gasteiger partial charge in [-0.15, -0.1) is 0 Å². The summed E-state index contributed by atoms with van der Waals surface area (Å²) in [5.74, 6) is 1.64. The Balaban J connectivity index is 1.86. The lowest BCUT2D eigenvalue weighted by molar-refractivity contribution is 0.399. The highest BCUT2D eigenvalue weighted by Gasteiger charge is 2.09. The third kappa shape index (κ3) is 2.93. The minimum absolute atomic E-state index is 0.693. The van der Waals surface area contributed by atoms with Crippen LogP contribution in [0.3, 0.4) is 0 Å². The van der Waals surface area contributed by atoms with Gasteiger partial charge in [-0.25, -0.2) is 0 Å². The number of benzene rings is 1. The molecule has 3 aromatic rings. The van der Waals surface area contributed by atoms with Crippen molar-refractivity contribution in [2.24, 2.45) is 0 Å².